The van der Waals surface area contributed by atoms with E-state index in [1.54, 1.807) is 69.5 Å². The van der Waals surface area contributed by atoms with Crippen molar-refractivity contribution in [2.75, 3.05) is 37.4 Å². The van der Waals surface area contributed by atoms with E-state index in [2.05, 4.69) is 5.32 Å². The number of unbranched alkanes of at least 4 members (excludes halogenated alkanes) is 1. The van der Waals surface area contributed by atoms with E-state index >= 15 is 0 Å². The maximum atomic E-state index is 14.2. The van der Waals surface area contributed by atoms with Gasteiger partial charge in [-0.1, -0.05) is 37.6 Å². The summed E-state index contributed by atoms with van der Waals surface area (Å²) in [6, 6.07) is 19.5. The van der Waals surface area contributed by atoms with Crippen LogP contribution in [-0.2, 0) is 26.2 Å². The number of carbonyl (C=O) groups excluding carboxylic acids is 2. The summed E-state index contributed by atoms with van der Waals surface area (Å²) in [6.07, 6.45) is 3.62. The van der Waals surface area contributed by atoms with Crippen LogP contribution in [0.2, 0.25) is 0 Å². The first kappa shape index (κ1) is 33.8. The van der Waals surface area contributed by atoms with Crippen molar-refractivity contribution in [2.24, 2.45) is 0 Å². The minimum atomic E-state index is -4.21. The Hall–Kier alpha value is -3.70. The Morgan fingerprint density at radius 1 is 0.977 bits per heavy atom. The van der Waals surface area contributed by atoms with E-state index in [0.29, 0.717) is 24.7 Å². The highest BCUT2D eigenvalue weighted by atomic mass is 32.2. The van der Waals surface area contributed by atoms with Crippen LogP contribution in [0.3, 0.4) is 0 Å². The van der Waals surface area contributed by atoms with Crippen LogP contribution in [0.5, 0.6) is 11.5 Å². The fourth-order valence-electron chi connectivity index (χ4n) is 4.38. The van der Waals surface area contributed by atoms with Gasteiger partial charge < -0.3 is 19.7 Å². The molecule has 3 rings (SSSR count). The van der Waals surface area contributed by atoms with Crippen molar-refractivity contribution in [1.82, 2.24) is 10.2 Å². The van der Waals surface area contributed by atoms with Crippen molar-refractivity contribution >= 4 is 39.3 Å². The normalized spacial score (nSPS) is 11.8. The third kappa shape index (κ3) is 8.90. The predicted molar refractivity (Wildman–Crippen MR) is 171 cm³/mol. The number of methoxy groups -OCH3 is 1. The number of ether oxygens (including phenoxy) is 2. The Morgan fingerprint density at radius 3 is 2.26 bits per heavy atom. The minimum absolute atomic E-state index is 0.0384. The standard InChI is InChI=1S/C32H41N3O6S2/c1-6-8-21-33-32(37)24(3)34(22-25-13-15-26(40-4)16-14-25)31(36)23-35(29-11-9-10-12-30(29)41-7-2)43(38,39)28-19-17-27(42-5)18-20-28/h9-20,24H,6-8,21-23H2,1-5H3,(H,33,37)/t24-/m0/s1. The van der Waals surface area contributed by atoms with Crippen molar-refractivity contribution in [3.05, 3.63) is 78.4 Å². The zero-order chi connectivity index (χ0) is 31.4. The van der Waals surface area contributed by atoms with Crippen LogP contribution in [0, 0.1) is 0 Å². The van der Waals surface area contributed by atoms with Crippen molar-refractivity contribution < 1.29 is 27.5 Å². The number of sulfonamides is 1. The largest absolute Gasteiger partial charge is 0.497 e. The van der Waals surface area contributed by atoms with E-state index in [1.165, 1.54) is 28.8 Å². The molecule has 11 heteroatoms. The minimum Gasteiger partial charge on any atom is -0.497 e. The Bertz CT molecular complexity index is 1450. The Labute approximate surface area is 259 Å². The first-order valence-electron chi connectivity index (χ1n) is 14.2. The molecule has 2 amide bonds. The van der Waals surface area contributed by atoms with Gasteiger partial charge in [0.15, 0.2) is 0 Å². The van der Waals surface area contributed by atoms with E-state index in [4.69, 9.17) is 9.47 Å². The molecule has 0 saturated heterocycles. The molecule has 232 valence electrons. The maximum absolute atomic E-state index is 14.2. The lowest BCUT2D eigenvalue weighted by atomic mass is 10.1. The number of anilines is 1. The molecule has 0 unspecified atom stereocenters. The molecule has 0 aliphatic rings. The first-order valence-corrected chi connectivity index (χ1v) is 16.9. The Morgan fingerprint density at radius 2 is 1.65 bits per heavy atom. The fraction of sp³-hybridized carbons (Fsp3) is 0.375. The van der Waals surface area contributed by atoms with Crippen LogP contribution in [0.25, 0.3) is 0 Å². The third-order valence-electron chi connectivity index (χ3n) is 6.87. The molecule has 0 aliphatic carbocycles. The molecule has 1 N–H and O–H groups in total. The van der Waals surface area contributed by atoms with E-state index < -0.39 is 28.5 Å². The van der Waals surface area contributed by atoms with Gasteiger partial charge in [-0.3, -0.25) is 13.9 Å². The molecule has 0 aliphatic heterocycles. The molecule has 0 saturated carbocycles. The van der Waals surface area contributed by atoms with Gasteiger partial charge in [0.25, 0.3) is 10.0 Å². The molecule has 43 heavy (non-hydrogen) atoms. The predicted octanol–water partition coefficient (Wildman–Crippen LogP) is 5.34. The number of nitrogens with one attached hydrogen (secondary N) is 1. The van der Waals surface area contributed by atoms with Gasteiger partial charge in [-0.15, -0.1) is 11.8 Å². The summed E-state index contributed by atoms with van der Waals surface area (Å²) in [4.78, 5) is 29.7. The summed E-state index contributed by atoms with van der Waals surface area (Å²) in [6.45, 7) is 5.82. The summed E-state index contributed by atoms with van der Waals surface area (Å²) in [5, 5.41) is 2.89. The van der Waals surface area contributed by atoms with Gasteiger partial charge in [0.1, 0.15) is 24.1 Å². The van der Waals surface area contributed by atoms with Gasteiger partial charge in [0.05, 0.1) is 24.3 Å². The monoisotopic (exact) mass is 627 g/mol. The van der Waals surface area contributed by atoms with Gasteiger partial charge in [0.2, 0.25) is 11.8 Å². The number of amides is 2. The number of benzene rings is 3. The van der Waals surface area contributed by atoms with Gasteiger partial charge in [-0.2, -0.15) is 0 Å². The van der Waals surface area contributed by atoms with Crippen LogP contribution >= 0.6 is 11.8 Å². The summed E-state index contributed by atoms with van der Waals surface area (Å²) in [7, 11) is -2.65. The number of rotatable bonds is 16. The zero-order valence-corrected chi connectivity index (χ0v) is 27.0. The van der Waals surface area contributed by atoms with Crippen molar-refractivity contribution in [1.29, 1.82) is 0 Å². The number of hydrogen-bond acceptors (Lipinski definition) is 7. The first-order chi connectivity index (χ1) is 20.7. The Kier molecular flexibility index (Phi) is 12.8. The highest BCUT2D eigenvalue weighted by Gasteiger charge is 2.33. The van der Waals surface area contributed by atoms with E-state index in [9.17, 15) is 18.0 Å². The molecule has 0 bridgehead atoms. The highest BCUT2D eigenvalue weighted by Crippen LogP contribution is 2.33. The number of para-hydroxylation sites is 2. The molecule has 1 atom stereocenters. The van der Waals surface area contributed by atoms with E-state index in [-0.39, 0.29) is 23.0 Å². The summed E-state index contributed by atoms with van der Waals surface area (Å²) in [5.41, 5.74) is 0.996. The number of thioether (sulfide) groups is 1. The van der Waals surface area contributed by atoms with Crippen LogP contribution in [0.15, 0.2) is 82.6 Å². The molecule has 9 nitrogen and oxygen atoms in total. The van der Waals surface area contributed by atoms with Crippen LogP contribution in [0.1, 0.15) is 39.2 Å². The maximum Gasteiger partial charge on any atom is 0.264 e. The SMILES string of the molecule is CCCCNC(=O)[C@H](C)N(Cc1ccc(OC)cc1)C(=O)CN(c1ccccc1OCC)S(=O)(=O)c1ccc(SC)cc1. The number of nitrogens with zero attached hydrogens (tertiary/aromatic N) is 2. The lowest BCUT2D eigenvalue weighted by molar-refractivity contribution is -0.139. The van der Waals surface area contributed by atoms with Crippen molar-refractivity contribution in [3.63, 3.8) is 0 Å². The molecule has 0 heterocycles. The van der Waals surface area contributed by atoms with E-state index in [1.807, 2.05) is 25.3 Å². The fourth-order valence-corrected chi connectivity index (χ4v) is 6.21. The van der Waals surface area contributed by atoms with Gasteiger partial charge in [0, 0.05) is 18.0 Å². The lowest BCUT2D eigenvalue weighted by Crippen LogP contribution is -2.51. The second-order valence-corrected chi connectivity index (χ2v) is 12.5. The summed E-state index contributed by atoms with van der Waals surface area (Å²) < 4.78 is 40.4. The molecule has 0 spiro atoms. The van der Waals surface area contributed by atoms with Crippen LogP contribution in [-0.4, -0.2) is 64.2 Å². The van der Waals surface area contributed by atoms with E-state index in [0.717, 1.165) is 27.6 Å². The second-order valence-electron chi connectivity index (χ2n) is 9.78. The molecular formula is C32H41N3O6S2. The van der Waals surface area contributed by atoms with Gasteiger partial charge in [-0.05, 0) is 80.6 Å². The average molecular weight is 628 g/mol. The van der Waals surface area contributed by atoms with Crippen LogP contribution < -0.4 is 19.1 Å². The molecule has 0 fully saturated rings. The highest BCUT2D eigenvalue weighted by molar-refractivity contribution is 7.98. The van der Waals surface area contributed by atoms with Crippen molar-refractivity contribution in [3.8, 4) is 11.5 Å². The summed E-state index contributed by atoms with van der Waals surface area (Å²) >= 11 is 1.50. The quantitative estimate of drug-likeness (QED) is 0.169. The smallest absolute Gasteiger partial charge is 0.264 e. The third-order valence-corrected chi connectivity index (χ3v) is 9.39. The zero-order valence-electron chi connectivity index (χ0n) is 25.4. The summed E-state index contributed by atoms with van der Waals surface area (Å²) in [5.74, 6) is 0.134. The molecule has 0 aromatic heterocycles. The number of hydrogen-bond donors (Lipinski definition) is 1. The number of carbonyl (C=O) groups is 2. The van der Waals surface area contributed by atoms with Crippen molar-refractivity contribution in [2.45, 2.75) is 56.0 Å². The lowest BCUT2D eigenvalue weighted by Gasteiger charge is -2.32. The second kappa shape index (κ2) is 16.2. The molecule has 3 aromatic rings. The molecular weight excluding hydrogens is 587 g/mol. The Balaban J connectivity index is 2.05. The average Bonchev–Trinajstić information content (AvgIpc) is 3.02. The molecule has 3 aromatic carbocycles. The topological polar surface area (TPSA) is 105 Å². The van der Waals surface area contributed by atoms with Crippen LogP contribution in [0.4, 0.5) is 5.69 Å². The molecule has 0 radical (unpaired) electrons. The van der Waals surface area contributed by atoms with Gasteiger partial charge >= 0.3 is 0 Å². The van der Waals surface area contributed by atoms with Gasteiger partial charge in [-0.25, -0.2) is 8.42 Å².